The zero-order chi connectivity index (χ0) is 17.7. The van der Waals surface area contributed by atoms with Gasteiger partial charge in [-0.2, -0.15) is 0 Å². The van der Waals surface area contributed by atoms with Crippen LogP contribution in [0.1, 0.15) is 44.2 Å². The highest BCUT2D eigenvalue weighted by Gasteiger charge is 2.48. The molecule has 5 rings (SSSR count). The van der Waals surface area contributed by atoms with E-state index in [0.717, 1.165) is 30.7 Å². The van der Waals surface area contributed by atoms with Crippen molar-refractivity contribution in [3.8, 4) is 0 Å². The van der Waals surface area contributed by atoms with E-state index in [-0.39, 0.29) is 5.91 Å². The Bertz CT molecular complexity index is 643. The average Bonchev–Trinajstić information content (AvgIpc) is 3.37. The number of aromatic amines is 1. The van der Waals surface area contributed by atoms with Crippen LogP contribution < -0.4 is 5.73 Å². The van der Waals surface area contributed by atoms with Crippen LogP contribution in [-0.2, 0) is 11.2 Å². The maximum absolute atomic E-state index is 13.0. The fourth-order valence-corrected chi connectivity index (χ4v) is 5.97. The molecule has 3 N–H and O–H groups in total. The van der Waals surface area contributed by atoms with Gasteiger partial charge in [-0.3, -0.25) is 9.69 Å². The van der Waals surface area contributed by atoms with Crippen molar-refractivity contribution in [2.45, 2.75) is 63.1 Å². The number of piperidine rings is 3. The average molecular weight is 358 g/mol. The van der Waals surface area contributed by atoms with Crippen LogP contribution in [0, 0.1) is 17.8 Å². The molecule has 0 radical (unpaired) electrons. The molecule has 4 aliphatic rings. The minimum Gasteiger partial charge on any atom is -0.348 e. The van der Waals surface area contributed by atoms with Gasteiger partial charge in [-0.05, 0) is 49.9 Å². The number of hydrogen-bond acceptors (Lipinski definition) is 4. The molecule has 1 aromatic rings. The van der Waals surface area contributed by atoms with Crippen molar-refractivity contribution in [3.63, 3.8) is 0 Å². The van der Waals surface area contributed by atoms with Crippen LogP contribution in [0.5, 0.6) is 0 Å². The molecule has 0 spiro atoms. The molecule has 2 bridgehead atoms. The molecule has 6 heteroatoms. The summed E-state index contributed by atoms with van der Waals surface area (Å²) in [5.74, 6) is 2.37. The molecule has 1 aromatic heterocycles. The normalized spacial score (nSPS) is 35.8. The highest BCUT2D eigenvalue weighted by atomic mass is 16.2. The van der Waals surface area contributed by atoms with Crippen LogP contribution in [0.2, 0.25) is 0 Å². The topological polar surface area (TPSA) is 78.2 Å². The van der Waals surface area contributed by atoms with Crippen LogP contribution in [0.3, 0.4) is 0 Å². The molecule has 5 atom stereocenters. The zero-order valence-electron chi connectivity index (χ0n) is 15.5. The lowest BCUT2D eigenvalue weighted by Gasteiger charge is -2.55. The Balaban J connectivity index is 1.26. The van der Waals surface area contributed by atoms with E-state index < -0.39 is 6.04 Å². The van der Waals surface area contributed by atoms with Crippen molar-refractivity contribution in [2.24, 2.45) is 23.5 Å². The number of H-pyrrole nitrogens is 1. The largest absolute Gasteiger partial charge is 0.348 e. The van der Waals surface area contributed by atoms with Crippen molar-refractivity contribution in [3.05, 3.63) is 18.2 Å². The summed E-state index contributed by atoms with van der Waals surface area (Å²) in [6, 6.07) is 1.07. The molecule has 1 aliphatic carbocycles. The monoisotopic (exact) mass is 357 g/mol. The lowest BCUT2D eigenvalue weighted by Crippen LogP contribution is -2.63. The van der Waals surface area contributed by atoms with Crippen LogP contribution in [0.25, 0.3) is 0 Å². The Kier molecular flexibility index (Phi) is 4.28. The number of imidazole rings is 1. The minimum atomic E-state index is -0.462. The predicted octanol–water partition coefficient (Wildman–Crippen LogP) is 1.39. The Morgan fingerprint density at radius 2 is 2.00 bits per heavy atom. The summed E-state index contributed by atoms with van der Waals surface area (Å²) in [7, 11) is 0. The first-order valence-electron chi connectivity index (χ1n) is 10.5. The summed E-state index contributed by atoms with van der Waals surface area (Å²) >= 11 is 0. The number of nitrogens with one attached hydrogen (secondary N) is 1. The molecule has 1 amide bonds. The van der Waals surface area contributed by atoms with Crippen LogP contribution in [-0.4, -0.2) is 63.4 Å². The Hall–Kier alpha value is -1.40. The van der Waals surface area contributed by atoms with E-state index in [4.69, 9.17) is 5.73 Å². The second-order valence-corrected chi connectivity index (χ2v) is 9.09. The molecule has 6 nitrogen and oxygen atoms in total. The highest BCUT2D eigenvalue weighted by Crippen LogP contribution is 2.46. The molecule has 3 aliphatic heterocycles. The van der Waals surface area contributed by atoms with E-state index >= 15 is 0 Å². The smallest absolute Gasteiger partial charge is 0.239 e. The number of nitrogens with zero attached hydrogens (tertiary/aromatic N) is 3. The van der Waals surface area contributed by atoms with Gasteiger partial charge in [0.25, 0.3) is 0 Å². The van der Waals surface area contributed by atoms with Crippen molar-refractivity contribution >= 4 is 5.91 Å². The second kappa shape index (κ2) is 6.64. The van der Waals surface area contributed by atoms with E-state index in [1.807, 2.05) is 0 Å². The third-order valence-electron chi connectivity index (χ3n) is 7.22. The predicted molar refractivity (Wildman–Crippen MR) is 99.3 cm³/mol. The third kappa shape index (κ3) is 3.07. The number of amides is 1. The molecule has 0 aromatic carbocycles. The highest BCUT2D eigenvalue weighted by molar-refractivity contribution is 5.82. The second-order valence-electron chi connectivity index (χ2n) is 9.09. The van der Waals surface area contributed by atoms with Crippen molar-refractivity contribution in [1.29, 1.82) is 0 Å². The first kappa shape index (κ1) is 16.8. The summed E-state index contributed by atoms with van der Waals surface area (Å²) in [6.45, 7) is 3.00. The zero-order valence-corrected chi connectivity index (χ0v) is 15.5. The molecule has 1 saturated carbocycles. The SMILES string of the molecule is N[C@@H](Cc1cnc[nH]1)C(=O)N1C[C@@H]2C[C@H](C1)[C@@H]1CCC[C@H](C3CC3)N1C2. The van der Waals surface area contributed by atoms with Crippen molar-refractivity contribution < 1.29 is 4.79 Å². The molecule has 26 heavy (non-hydrogen) atoms. The summed E-state index contributed by atoms with van der Waals surface area (Å²) in [5, 5.41) is 0. The fraction of sp³-hybridized carbons (Fsp3) is 0.800. The quantitative estimate of drug-likeness (QED) is 0.854. The summed E-state index contributed by atoms with van der Waals surface area (Å²) in [5.41, 5.74) is 7.18. The molecule has 4 fully saturated rings. The van der Waals surface area contributed by atoms with E-state index in [2.05, 4.69) is 19.8 Å². The Labute approximate surface area is 155 Å². The number of hydrogen-bond donors (Lipinski definition) is 2. The molecular formula is C20H31N5O. The van der Waals surface area contributed by atoms with Gasteiger partial charge < -0.3 is 15.6 Å². The van der Waals surface area contributed by atoms with Crippen molar-refractivity contribution in [1.82, 2.24) is 19.8 Å². The molecule has 3 saturated heterocycles. The van der Waals surface area contributed by atoms with Gasteiger partial charge in [-0.1, -0.05) is 6.42 Å². The van der Waals surface area contributed by atoms with Gasteiger partial charge in [0.15, 0.2) is 0 Å². The number of carbonyl (C=O) groups is 1. The lowest BCUT2D eigenvalue weighted by molar-refractivity contribution is -0.140. The molecule has 0 unspecified atom stereocenters. The number of fused-ring (bicyclic) bond motifs is 4. The van der Waals surface area contributed by atoms with Gasteiger partial charge in [-0.25, -0.2) is 4.98 Å². The number of carbonyl (C=O) groups excluding carboxylic acids is 1. The first-order chi connectivity index (χ1) is 12.7. The van der Waals surface area contributed by atoms with Gasteiger partial charge in [0, 0.05) is 50.0 Å². The lowest BCUT2D eigenvalue weighted by atomic mass is 9.74. The van der Waals surface area contributed by atoms with Gasteiger partial charge >= 0.3 is 0 Å². The number of likely N-dealkylation sites (tertiary alicyclic amines) is 1. The first-order valence-corrected chi connectivity index (χ1v) is 10.5. The van der Waals surface area contributed by atoms with Crippen LogP contribution in [0.4, 0.5) is 0 Å². The van der Waals surface area contributed by atoms with E-state index in [1.54, 1.807) is 12.5 Å². The Morgan fingerprint density at radius 3 is 2.73 bits per heavy atom. The molecule has 142 valence electrons. The van der Waals surface area contributed by atoms with Crippen molar-refractivity contribution in [2.75, 3.05) is 19.6 Å². The van der Waals surface area contributed by atoms with Gasteiger partial charge in [-0.15, -0.1) is 0 Å². The van der Waals surface area contributed by atoms with E-state index in [0.29, 0.717) is 24.3 Å². The standard InChI is InChI=1S/C20H31N5O/c21-17(7-16-8-22-12-23-16)20(26)24-9-13-6-15(11-24)19-3-1-2-18(14-4-5-14)25(19)10-13/h8,12-15,17-19H,1-7,9-11,21H2,(H,22,23)/t13-,15+,17-,18+,19-/m0/s1. The summed E-state index contributed by atoms with van der Waals surface area (Å²) in [4.78, 5) is 25.0. The fourth-order valence-electron chi connectivity index (χ4n) is 5.97. The maximum Gasteiger partial charge on any atom is 0.239 e. The minimum absolute atomic E-state index is 0.123. The maximum atomic E-state index is 13.0. The molecule has 4 heterocycles. The number of aromatic nitrogens is 2. The van der Waals surface area contributed by atoms with Gasteiger partial charge in [0.2, 0.25) is 5.91 Å². The van der Waals surface area contributed by atoms with Gasteiger partial charge in [0.1, 0.15) is 0 Å². The summed E-state index contributed by atoms with van der Waals surface area (Å²) < 4.78 is 0. The van der Waals surface area contributed by atoms with Crippen LogP contribution >= 0.6 is 0 Å². The Morgan fingerprint density at radius 1 is 1.19 bits per heavy atom. The number of rotatable bonds is 4. The van der Waals surface area contributed by atoms with E-state index in [1.165, 1.54) is 45.1 Å². The van der Waals surface area contributed by atoms with E-state index in [9.17, 15) is 4.79 Å². The van der Waals surface area contributed by atoms with Gasteiger partial charge in [0.05, 0.1) is 12.4 Å². The third-order valence-corrected chi connectivity index (χ3v) is 7.22. The molecular weight excluding hydrogens is 326 g/mol. The van der Waals surface area contributed by atoms with Crippen LogP contribution in [0.15, 0.2) is 12.5 Å². The number of nitrogens with two attached hydrogens (primary N) is 1. The summed E-state index contributed by atoms with van der Waals surface area (Å²) in [6.07, 6.45) is 12.2.